The number of hydrogen-bond donors (Lipinski definition) is 2. The third-order valence-electron chi connectivity index (χ3n) is 5.49. The molecule has 4 rings (SSSR count). The number of aromatic nitrogens is 2. The van der Waals surface area contributed by atoms with Gasteiger partial charge in [-0.15, -0.1) is 0 Å². The van der Waals surface area contributed by atoms with Crippen LogP contribution in [0.1, 0.15) is 34.7 Å². The van der Waals surface area contributed by atoms with Crippen molar-refractivity contribution in [1.29, 1.82) is 0 Å². The Morgan fingerprint density at radius 3 is 2.79 bits per heavy atom. The second kappa shape index (κ2) is 10.3. The molecule has 0 aliphatic carbocycles. The summed E-state index contributed by atoms with van der Waals surface area (Å²) >= 11 is 0. The maximum Gasteiger partial charge on any atom is 0.257 e. The third-order valence-corrected chi connectivity index (χ3v) is 5.49. The average Bonchev–Trinajstić information content (AvgIpc) is 3.23. The van der Waals surface area contributed by atoms with Gasteiger partial charge in [-0.25, -0.2) is 9.97 Å². The van der Waals surface area contributed by atoms with E-state index in [1.807, 2.05) is 24.3 Å². The van der Waals surface area contributed by atoms with Crippen LogP contribution < -0.4 is 15.4 Å². The van der Waals surface area contributed by atoms with Crippen LogP contribution in [0.15, 0.2) is 47.0 Å². The van der Waals surface area contributed by atoms with E-state index in [0.29, 0.717) is 41.8 Å². The number of aryl methyl sites for hydroxylation is 1. The summed E-state index contributed by atoms with van der Waals surface area (Å²) in [6.07, 6.45) is 3.01. The summed E-state index contributed by atoms with van der Waals surface area (Å²) in [6, 6.07) is 10.7. The molecule has 2 amide bonds. The van der Waals surface area contributed by atoms with E-state index in [4.69, 9.17) is 13.9 Å². The highest BCUT2D eigenvalue weighted by Crippen LogP contribution is 2.25. The van der Waals surface area contributed by atoms with Crippen LogP contribution >= 0.6 is 0 Å². The molecule has 1 aliphatic rings. The number of ether oxygens (including phenoxy) is 2. The zero-order valence-corrected chi connectivity index (χ0v) is 18.6. The highest BCUT2D eigenvalue weighted by Gasteiger charge is 2.22. The van der Waals surface area contributed by atoms with E-state index >= 15 is 0 Å². The first-order valence-electron chi connectivity index (χ1n) is 10.8. The molecule has 3 heterocycles. The van der Waals surface area contributed by atoms with Crippen LogP contribution in [0.5, 0.6) is 5.88 Å². The molecule has 9 heteroatoms. The van der Waals surface area contributed by atoms with Crippen LogP contribution in [-0.4, -0.2) is 42.1 Å². The molecule has 1 aromatic carbocycles. The first kappa shape index (κ1) is 22.5. The number of pyridine rings is 1. The molecule has 172 valence electrons. The topological polar surface area (TPSA) is 116 Å². The molecule has 0 bridgehead atoms. The van der Waals surface area contributed by atoms with Crippen molar-refractivity contribution < 1.29 is 23.5 Å². The minimum Gasteiger partial charge on any atom is -0.480 e. The van der Waals surface area contributed by atoms with Crippen molar-refractivity contribution in [2.75, 3.05) is 25.6 Å². The Morgan fingerprint density at radius 1 is 1.18 bits per heavy atom. The molecule has 3 aromatic rings. The first-order chi connectivity index (χ1) is 16.0. The number of hydrogen-bond acceptors (Lipinski definition) is 7. The van der Waals surface area contributed by atoms with Crippen molar-refractivity contribution in [3.63, 3.8) is 0 Å². The summed E-state index contributed by atoms with van der Waals surface area (Å²) in [5, 5.41) is 5.79. The van der Waals surface area contributed by atoms with E-state index in [2.05, 4.69) is 20.6 Å². The third kappa shape index (κ3) is 5.38. The van der Waals surface area contributed by atoms with Crippen LogP contribution in [0.2, 0.25) is 0 Å². The molecule has 0 saturated carbocycles. The Kier molecular flexibility index (Phi) is 6.99. The maximum atomic E-state index is 12.5. The Labute approximate surface area is 191 Å². The number of rotatable bonds is 7. The minimum absolute atomic E-state index is 0.00624. The average molecular weight is 450 g/mol. The Bertz CT molecular complexity index is 1140. The number of nitrogens with zero attached hydrogens (tertiary/aromatic N) is 2. The summed E-state index contributed by atoms with van der Waals surface area (Å²) in [5.74, 6) is 0.903. The number of amides is 2. The van der Waals surface area contributed by atoms with Gasteiger partial charge in [0.1, 0.15) is 17.0 Å². The molecule has 0 radical (unpaired) electrons. The number of carbonyl (C=O) groups is 2. The molecule has 33 heavy (non-hydrogen) atoms. The van der Waals surface area contributed by atoms with Crippen molar-refractivity contribution in [3.05, 3.63) is 59.6 Å². The highest BCUT2D eigenvalue weighted by molar-refractivity contribution is 5.96. The summed E-state index contributed by atoms with van der Waals surface area (Å²) in [6.45, 7) is 3.20. The zero-order chi connectivity index (χ0) is 23.2. The van der Waals surface area contributed by atoms with Crippen molar-refractivity contribution in [2.24, 2.45) is 5.92 Å². The Hall–Kier alpha value is -3.72. The molecule has 2 aromatic heterocycles. The van der Waals surface area contributed by atoms with Crippen molar-refractivity contribution in [3.8, 4) is 17.3 Å². The van der Waals surface area contributed by atoms with Crippen LogP contribution in [0.4, 0.5) is 5.69 Å². The minimum atomic E-state index is -0.318. The standard InChI is InChI=1S/C24H26N4O5/c1-15-20(14-26-22(30)19-7-4-10-25-24(19)31-2)28-23(33-15)17-5-3-6-18(13-17)27-21(29)16-8-11-32-12-9-16/h3-7,10,13,16H,8-9,11-12,14H2,1-2H3,(H,26,30)(H,27,29). The van der Waals surface area contributed by atoms with Gasteiger partial charge in [0.2, 0.25) is 17.7 Å². The number of nitrogens with one attached hydrogen (secondary N) is 2. The van der Waals surface area contributed by atoms with Gasteiger partial charge in [0.15, 0.2) is 0 Å². The Morgan fingerprint density at radius 2 is 2.00 bits per heavy atom. The van der Waals surface area contributed by atoms with E-state index in [9.17, 15) is 9.59 Å². The van der Waals surface area contributed by atoms with Gasteiger partial charge >= 0.3 is 0 Å². The Balaban J connectivity index is 1.43. The van der Waals surface area contributed by atoms with E-state index in [1.165, 1.54) is 7.11 Å². The van der Waals surface area contributed by atoms with Crippen LogP contribution in [0.3, 0.4) is 0 Å². The van der Waals surface area contributed by atoms with E-state index in [-0.39, 0.29) is 30.2 Å². The number of anilines is 1. The number of methoxy groups -OCH3 is 1. The molecule has 0 unspecified atom stereocenters. The van der Waals surface area contributed by atoms with Crippen molar-refractivity contribution in [1.82, 2.24) is 15.3 Å². The highest BCUT2D eigenvalue weighted by atomic mass is 16.5. The summed E-state index contributed by atoms with van der Waals surface area (Å²) < 4.78 is 16.3. The van der Waals surface area contributed by atoms with E-state index in [1.54, 1.807) is 25.3 Å². The smallest absolute Gasteiger partial charge is 0.257 e. The molecule has 0 spiro atoms. The van der Waals surface area contributed by atoms with Gasteiger partial charge in [-0.05, 0) is 50.1 Å². The van der Waals surface area contributed by atoms with E-state index < -0.39 is 0 Å². The molecule has 2 N–H and O–H groups in total. The van der Waals surface area contributed by atoms with Crippen molar-refractivity contribution in [2.45, 2.75) is 26.3 Å². The lowest BCUT2D eigenvalue weighted by molar-refractivity contribution is -0.122. The lowest BCUT2D eigenvalue weighted by Gasteiger charge is -2.21. The number of oxazole rings is 1. The quantitative estimate of drug-likeness (QED) is 0.567. The SMILES string of the molecule is COc1ncccc1C(=O)NCc1nc(-c2cccc(NC(=O)C3CCOCC3)c2)oc1C. The van der Waals surface area contributed by atoms with Gasteiger partial charge < -0.3 is 24.5 Å². The number of benzene rings is 1. The zero-order valence-electron chi connectivity index (χ0n) is 18.6. The molecule has 1 aliphatic heterocycles. The molecule has 9 nitrogen and oxygen atoms in total. The second-order valence-electron chi connectivity index (χ2n) is 7.72. The summed E-state index contributed by atoms with van der Waals surface area (Å²) in [7, 11) is 1.47. The molecular weight excluding hydrogens is 424 g/mol. The maximum absolute atomic E-state index is 12.5. The monoisotopic (exact) mass is 450 g/mol. The summed E-state index contributed by atoms with van der Waals surface area (Å²) in [4.78, 5) is 33.6. The van der Waals surface area contributed by atoms with Gasteiger partial charge in [0, 0.05) is 36.6 Å². The van der Waals surface area contributed by atoms with Gasteiger partial charge in [0.25, 0.3) is 5.91 Å². The lowest BCUT2D eigenvalue weighted by atomic mass is 9.99. The lowest BCUT2D eigenvalue weighted by Crippen LogP contribution is -2.28. The number of carbonyl (C=O) groups excluding carboxylic acids is 2. The van der Waals surface area contributed by atoms with E-state index in [0.717, 1.165) is 18.4 Å². The van der Waals surface area contributed by atoms with Crippen molar-refractivity contribution >= 4 is 17.5 Å². The normalized spacial score (nSPS) is 14.0. The molecule has 1 saturated heterocycles. The first-order valence-corrected chi connectivity index (χ1v) is 10.8. The van der Waals surface area contributed by atoms with Crippen LogP contribution in [0, 0.1) is 12.8 Å². The fourth-order valence-corrected chi connectivity index (χ4v) is 3.64. The predicted octanol–water partition coefficient (Wildman–Crippen LogP) is 3.35. The molecule has 1 fully saturated rings. The molecular formula is C24H26N4O5. The predicted molar refractivity (Wildman–Crippen MR) is 121 cm³/mol. The largest absolute Gasteiger partial charge is 0.480 e. The van der Waals surface area contributed by atoms with Crippen LogP contribution in [0.25, 0.3) is 11.5 Å². The van der Waals surface area contributed by atoms with Crippen LogP contribution in [-0.2, 0) is 16.1 Å². The van der Waals surface area contributed by atoms with Gasteiger partial charge in [-0.2, -0.15) is 0 Å². The van der Waals surface area contributed by atoms with Gasteiger partial charge in [-0.3, -0.25) is 9.59 Å². The molecule has 0 atom stereocenters. The summed E-state index contributed by atoms with van der Waals surface area (Å²) in [5.41, 5.74) is 2.36. The van der Waals surface area contributed by atoms with Gasteiger partial charge in [0.05, 0.1) is 13.7 Å². The fourth-order valence-electron chi connectivity index (χ4n) is 3.64. The fraction of sp³-hybridized carbons (Fsp3) is 0.333. The van der Waals surface area contributed by atoms with Gasteiger partial charge in [-0.1, -0.05) is 6.07 Å². The second-order valence-corrected chi connectivity index (χ2v) is 7.72.